The Morgan fingerprint density at radius 2 is 1.78 bits per heavy atom. The number of anilines is 1. The minimum Gasteiger partial charge on any atom is -0.360 e. The van der Waals surface area contributed by atoms with Gasteiger partial charge in [0, 0.05) is 42.5 Å². The van der Waals surface area contributed by atoms with Crippen LogP contribution in [0.2, 0.25) is 0 Å². The Kier molecular flexibility index (Phi) is 4.91. The molecule has 0 unspecified atom stereocenters. The average Bonchev–Trinajstić information content (AvgIpc) is 3.44. The molecule has 7 heteroatoms. The lowest BCUT2D eigenvalue weighted by Gasteiger charge is -2.46. The highest BCUT2D eigenvalue weighted by atomic mass is 32.1. The summed E-state index contributed by atoms with van der Waals surface area (Å²) in [6.45, 7) is 8.02. The van der Waals surface area contributed by atoms with Crippen molar-refractivity contribution in [2.24, 2.45) is 5.41 Å². The lowest BCUT2D eigenvalue weighted by Crippen LogP contribution is -2.42. The molecule has 3 aromatic heterocycles. The molecule has 0 radical (unpaired) electrons. The molecule has 7 rings (SSSR count). The molecule has 0 atom stereocenters. The number of hydrogen-bond donors (Lipinski definition) is 0. The molecule has 4 heterocycles. The van der Waals surface area contributed by atoms with Crippen LogP contribution in [0.5, 0.6) is 0 Å². The number of thiazole rings is 1. The van der Waals surface area contributed by atoms with Gasteiger partial charge in [0.15, 0.2) is 10.9 Å². The number of rotatable bonds is 4. The number of piperidine rings is 1. The van der Waals surface area contributed by atoms with Crippen molar-refractivity contribution in [2.45, 2.75) is 58.8 Å². The van der Waals surface area contributed by atoms with Crippen LogP contribution in [0.25, 0.3) is 27.0 Å². The predicted octanol–water partition coefficient (Wildman–Crippen LogP) is 7.36. The molecule has 2 aliphatic carbocycles. The van der Waals surface area contributed by atoms with Crippen LogP contribution in [-0.2, 0) is 0 Å². The fourth-order valence-corrected chi connectivity index (χ4v) is 7.20. The molecule has 36 heavy (non-hydrogen) atoms. The topological polar surface area (TPSA) is 55.1 Å². The van der Waals surface area contributed by atoms with Gasteiger partial charge in [-0.15, -0.1) is 0 Å². The third-order valence-corrected chi connectivity index (χ3v) is 9.25. The molecule has 0 amide bonds. The summed E-state index contributed by atoms with van der Waals surface area (Å²) < 4.78 is 21.3. The van der Waals surface area contributed by atoms with E-state index in [-0.39, 0.29) is 11.2 Å². The summed E-state index contributed by atoms with van der Waals surface area (Å²) in [4.78, 5) is 11.3. The zero-order valence-electron chi connectivity index (χ0n) is 20.9. The number of nitrogens with zero attached hydrogens (tertiary/aromatic N) is 4. The zero-order chi connectivity index (χ0) is 24.6. The Bertz CT molecular complexity index is 1520. The maximum Gasteiger partial charge on any atom is 0.186 e. The number of aryl methyl sites for hydroxylation is 3. The normalized spacial score (nSPS) is 19.1. The van der Waals surface area contributed by atoms with Crippen LogP contribution in [0.1, 0.15) is 66.0 Å². The first kappa shape index (κ1) is 22.2. The minimum absolute atomic E-state index is 0.219. The lowest BCUT2D eigenvalue weighted by atomic mass is 9.63. The second kappa shape index (κ2) is 7.97. The number of aromatic nitrogens is 3. The van der Waals surface area contributed by atoms with Gasteiger partial charge in [-0.25, -0.2) is 9.37 Å². The number of benzene rings is 1. The van der Waals surface area contributed by atoms with Gasteiger partial charge in [0.25, 0.3) is 0 Å². The molecule has 4 aromatic rings. The number of pyridine rings is 1. The second-order valence-electron chi connectivity index (χ2n) is 11.0. The summed E-state index contributed by atoms with van der Waals surface area (Å²) in [7, 11) is 0. The molecule has 2 fully saturated rings. The van der Waals surface area contributed by atoms with E-state index in [4.69, 9.17) is 4.52 Å². The van der Waals surface area contributed by atoms with Crippen LogP contribution >= 0.6 is 11.3 Å². The molecular formula is C29H29FN4OS. The number of allylic oxidation sites excluding steroid dienone is 2. The van der Waals surface area contributed by atoms with Crippen LogP contribution < -0.4 is 4.90 Å². The van der Waals surface area contributed by atoms with Gasteiger partial charge < -0.3 is 9.42 Å². The second-order valence-corrected chi connectivity index (χ2v) is 12.0. The molecule has 1 spiro atoms. The smallest absolute Gasteiger partial charge is 0.186 e. The van der Waals surface area contributed by atoms with E-state index in [1.807, 2.05) is 25.4 Å². The Labute approximate surface area is 214 Å². The van der Waals surface area contributed by atoms with Crippen LogP contribution in [-0.4, -0.2) is 28.2 Å². The van der Waals surface area contributed by atoms with Crippen molar-refractivity contribution in [3.63, 3.8) is 0 Å². The predicted molar refractivity (Wildman–Crippen MR) is 142 cm³/mol. The van der Waals surface area contributed by atoms with Crippen molar-refractivity contribution in [1.29, 1.82) is 0 Å². The fourth-order valence-electron chi connectivity index (χ4n) is 6.07. The van der Waals surface area contributed by atoms with Crippen molar-refractivity contribution in [3.05, 3.63) is 64.4 Å². The first-order valence-corrected chi connectivity index (χ1v) is 13.7. The van der Waals surface area contributed by atoms with Crippen LogP contribution in [0.3, 0.4) is 0 Å². The molecule has 0 N–H and O–H groups in total. The van der Waals surface area contributed by atoms with E-state index in [9.17, 15) is 4.39 Å². The van der Waals surface area contributed by atoms with Crippen molar-refractivity contribution in [2.75, 3.05) is 18.0 Å². The van der Waals surface area contributed by atoms with E-state index in [1.54, 1.807) is 17.4 Å². The first-order chi connectivity index (χ1) is 17.4. The van der Waals surface area contributed by atoms with Crippen LogP contribution in [0, 0.1) is 32.0 Å². The Balaban J connectivity index is 1.16. The number of fused-ring (bicyclic) bond motifs is 1. The summed E-state index contributed by atoms with van der Waals surface area (Å²) >= 11 is 1.60. The first-order valence-electron chi connectivity index (χ1n) is 12.9. The van der Waals surface area contributed by atoms with Gasteiger partial charge in [0.2, 0.25) is 0 Å². The van der Waals surface area contributed by atoms with Gasteiger partial charge in [-0.3, -0.25) is 4.98 Å². The summed E-state index contributed by atoms with van der Waals surface area (Å²) in [6.07, 6.45) is 11.9. The summed E-state index contributed by atoms with van der Waals surface area (Å²) in [5.74, 6) is 1.36. The third-order valence-electron chi connectivity index (χ3n) is 8.18. The maximum atomic E-state index is 14.4. The van der Waals surface area contributed by atoms with E-state index >= 15 is 0 Å². The highest BCUT2D eigenvalue weighted by Gasteiger charge is 2.44. The van der Waals surface area contributed by atoms with Crippen LogP contribution in [0.15, 0.2) is 35.1 Å². The largest absolute Gasteiger partial charge is 0.360 e. The molecule has 1 aromatic carbocycles. The summed E-state index contributed by atoms with van der Waals surface area (Å²) in [5, 5.41) is 5.54. The van der Waals surface area contributed by atoms with E-state index in [2.05, 4.69) is 39.9 Å². The molecule has 1 saturated carbocycles. The Morgan fingerprint density at radius 3 is 2.47 bits per heavy atom. The molecule has 1 aliphatic heterocycles. The number of hydrogen-bond acceptors (Lipinski definition) is 6. The van der Waals surface area contributed by atoms with E-state index in [0.29, 0.717) is 11.4 Å². The zero-order valence-corrected chi connectivity index (χ0v) is 21.7. The van der Waals surface area contributed by atoms with E-state index in [0.717, 1.165) is 75.9 Å². The van der Waals surface area contributed by atoms with Gasteiger partial charge >= 0.3 is 0 Å². The van der Waals surface area contributed by atoms with E-state index < -0.39 is 0 Å². The lowest BCUT2D eigenvalue weighted by molar-refractivity contribution is 0.277. The molecule has 3 aliphatic rings. The summed E-state index contributed by atoms with van der Waals surface area (Å²) in [6, 6.07) is 3.60. The SMILES string of the molecule is Cc1cc(F)c2nc(N3CCC4(C=C(c5c(-c6c(C)cncc6C)noc5C5CC5)C4)CC3)sc2c1. The molecule has 184 valence electrons. The average molecular weight is 501 g/mol. The molecule has 0 bridgehead atoms. The Morgan fingerprint density at radius 1 is 1.06 bits per heavy atom. The van der Waals surface area contributed by atoms with Crippen molar-refractivity contribution in [1.82, 2.24) is 15.1 Å². The van der Waals surface area contributed by atoms with Gasteiger partial charge in [-0.1, -0.05) is 22.6 Å². The monoisotopic (exact) mass is 500 g/mol. The van der Waals surface area contributed by atoms with Gasteiger partial charge in [-0.2, -0.15) is 0 Å². The van der Waals surface area contributed by atoms with E-state index in [1.165, 1.54) is 24.0 Å². The number of halogens is 1. The quantitative estimate of drug-likeness (QED) is 0.293. The van der Waals surface area contributed by atoms with Crippen molar-refractivity contribution < 1.29 is 8.91 Å². The molecular weight excluding hydrogens is 471 g/mol. The van der Waals surface area contributed by atoms with Crippen molar-refractivity contribution in [3.8, 4) is 11.3 Å². The highest BCUT2D eigenvalue weighted by molar-refractivity contribution is 7.22. The standard InChI is InChI=1S/C29H29FN4OS/c1-16-10-21(30)25-22(11-16)36-28(32-25)34-8-6-29(7-9-34)12-20(13-29)24-26(33-35-27(24)19-4-5-19)23-17(2)14-31-15-18(23)3/h10-12,14-15,19H,4-9,13H2,1-3H3. The van der Waals surface area contributed by atoms with Gasteiger partial charge in [-0.05, 0) is 92.7 Å². The van der Waals surface area contributed by atoms with Crippen LogP contribution in [0.4, 0.5) is 9.52 Å². The maximum absolute atomic E-state index is 14.4. The van der Waals surface area contributed by atoms with Gasteiger partial charge in [0.1, 0.15) is 17.0 Å². The minimum atomic E-state index is -0.219. The fraction of sp³-hybridized carbons (Fsp3) is 0.414. The van der Waals surface area contributed by atoms with Crippen molar-refractivity contribution >= 4 is 32.3 Å². The molecule has 1 saturated heterocycles. The Hall–Kier alpha value is -3.06. The molecule has 5 nitrogen and oxygen atoms in total. The van der Waals surface area contributed by atoms with Gasteiger partial charge in [0.05, 0.1) is 4.70 Å². The highest BCUT2D eigenvalue weighted by Crippen LogP contribution is 2.56. The summed E-state index contributed by atoms with van der Waals surface area (Å²) in [5.41, 5.74) is 8.70. The third kappa shape index (κ3) is 3.51.